The number of pyridine rings is 1. The average molecular weight is 322 g/mol. The van der Waals surface area contributed by atoms with Crippen molar-refractivity contribution in [3.63, 3.8) is 0 Å². The predicted octanol–water partition coefficient (Wildman–Crippen LogP) is 4.01. The first-order valence-electron chi connectivity index (χ1n) is 5.43. The van der Waals surface area contributed by atoms with Gasteiger partial charge in [-0.3, -0.25) is 0 Å². The maximum Gasteiger partial charge on any atom is 0.148 e. The molecule has 20 heavy (non-hydrogen) atoms. The molecule has 0 saturated heterocycles. The van der Waals surface area contributed by atoms with Gasteiger partial charge in [0.2, 0.25) is 0 Å². The van der Waals surface area contributed by atoms with Crippen LogP contribution in [-0.2, 0) is 0 Å². The van der Waals surface area contributed by atoms with Crippen molar-refractivity contribution in [2.75, 3.05) is 5.32 Å². The molecule has 0 radical (unpaired) electrons. The van der Waals surface area contributed by atoms with Crippen molar-refractivity contribution in [2.45, 2.75) is 0 Å². The first-order valence-corrected chi connectivity index (χ1v) is 6.91. The number of nitrogens with one attached hydrogen (secondary N) is 1. The number of benzene rings is 1. The van der Waals surface area contributed by atoms with E-state index in [1.807, 2.05) is 0 Å². The SMILES string of the molecule is N#Cc1cccnc1Nc1c(Cl)cc(Cl)c2nsnc12. The fourth-order valence-electron chi connectivity index (χ4n) is 1.71. The van der Waals surface area contributed by atoms with Crippen LogP contribution >= 0.6 is 34.9 Å². The Kier molecular flexibility index (Phi) is 3.40. The van der Waals surface area contributed by atoms with Crippen LogP contribution in [0.5, 0.6) is 0 Å². The number of nitriles is 1. The van der Waals surface area contributed by atoms with Gasteiger partial charge < -0.3 is 5.32 Å². The molecule has 0 saturated carbocycles. The zero-order valence-corrected chi connectivity index (χ0v) is 12.1. The van der Waals surface area contributed by atoms with Gasteiger partial charge in [0.1, 0.15) is 22.9 Å². The standard InChI is InChI=1S/C12H5Cl2N5S/c13-7-4-8(14)10-11(19-20-18-10)9(7)17-12-6(5-15)2-1-3-16-12/h1-4H,(H,16,17). The monoisotopic (exact) mass is 321 g/mol. The highest BCUT2D eigenvalue weighted by atomic mass is 35.5. The number of halogens is 2. The third-order valence-corrected chi connectivity index (χ3v) is 3.73. The van der Waals surface area contributed by atoms with E-state index in [1.165, 1.54) is 0 Å². The van der Waals surface area contributed by atoms with E-state index in [1.54, 1.807) is 24.4 Å². The van der Waals surface area contributed by atoms with Gasteiger partial charge in [-0.25, -0.2) is 4.98 Å². The number of aromatic nitrogens is 3. The van der Waals surface area contributed by atoms with Crippen LogP contribution in [0.4, 0.5) is 11.5 Å². The number of nitrogens with zero attached hydrogens (tertiary/aromatic N) is 4. The predicted molar refractivity (Wildman–Crippen MR) is 79.7 cm³/mol. The summed E-state index contributed by atoms with van der Waals surface area (Å²) in [5.41, 5.74) is 2.07. The van der Waals surface area contributed by atoms with E-state index >= 15 is 0 Å². The minimum atomic E-state index is 0.393. The van der Waals surface area contributed by atoms with Gasteiger partial charge in [0.25, 0.3) is 0 Å². The Balaban J connectivity index is 2.16. The Morgan fingerprint density at radius 2 is 2.00 bits per heavy atom. The normalized spacial score (nSPS) is 10.4. The maximum absolute atomic E-state index is 9.07. The van der Waals surface area contributed by atoms with Gasteiger partial charge >= 0.3 is 0 Å². The fourth-order valence-corrected chi connectivity index (χ4v) is 2.87. The second-order valence-electron chi connectivity index (χ2n) is 3.81. The number of hydrogen-bond acceptors (Lipinski definition) is 6. The largest absolute Gasteiger partial charge is 0.336 e. The van der Waals surface area contributed by atoms with Crippen molar-refractivity contribution in [1.29, 1.82) is 5.26 Å². The van der Waals surface area contributed by atoms with Crippen LogP contribution in [-0.4, -0.2) is 13.7 Å². The Hall–Kier alpha value is -1.94. The molecule has 0 amide bonds. The smallest absolute Gasteiger partial charge is 0.148 e. The molecule has 0 bridgehead atoms. The topological polar surface area (TPSA) is 74.5 Å². The van der Waals surface area contributed by atoms with E-state index in [2.05, 4.69) is 25.1 Å². The lowest BCUT2D eigenvalue weighted by atomic mass is 10.2. The highest BCUT2D eigenvalue weighted by Gasteiger charge is 2.15. The van der Waals surface area contributed by atoms with Crippen LogP contribution in [0.3, 0.4) is 0 Å². The second-order valence-corrected chi connectivity index (χ2v) is 5.16. The highest BCUT2D eigenvalue weighted by Crippen LogP contribution is 2.36. The van der Waals surface area contributed by atoms with Crippen LogP contribution in [0, 0.1) is 11.3 Å². The molecule has 98 valence electrons. The summed E-state index contributed by atoms with van der Waals surface area (Å²) in [7, 11) is 0. The highest BCUT2D eigenvalue weighted by molar-refractivity contribution is 7.00. The van der Waals surface area contributed by atoms with E-state index in [0.29, 0.717) is 38.1 Å². The number of rotatable bonds is 2. The molecule has 3 aromatic rings. The van der Waals surface area contributed by atoms with E-state index in [4.69, 9.17) is 28.5 Å². The molecule has 2 heterocycles. The molecule has 0 aliphatic carbocycles. The lowest BCUT2D eigenvalue weighted by molar-refractivity contribution is 1.29. The van der Waals surface area contributed by atoms with Crippen LogP contribution < -0.4 is 5.32 Å². The van der Waals surface area contributed by atoms with Crippen molar-refractivity contribution in [1.82, 2.24) is 13.7 Å². The molecule has 3 rings (SSSR count). The van der Waals surface area contributed by atoms with Gasteiger partial charge in [-0.15, -0.1) is 0 Å². The first-order chi connectivity index (χ1) is 9.70. The number of fused-ring (bicyclic) bond motifs is 1. The van der Waals surface area contributed by atoms with Gasteiger partial charge in [-0.1, -0.05) is 23.2 Å². The van der Waals surface area contributed by atoms with Crippen molar-refractivity contribution in [2.24, 2.45) is 0 Å². The van der Waals surface area contributed by atoms with Crippen LogP contribution in [0.2, 0.25) is 10.0 Å². The lowest BCUT2D eigenvalue weighted by Gasteiger charge is -2.09. The molecule has 0 unspecified atom stereocenters. The van der Waals surface area contributed by atoms with Gasteiger partial charge in [-0.05, 0) is 18.2 Å². The Bertz CT molecular complexity index is 839. The number of anilines is 2. The molecular weight excluding hydrogens is 317 g/mol. The zero-order chi connectivity index (χ0) is 14.1. The minimum Gasteiger partial charge on any atom is -0.336 e. The summed E-state index contributed by atoms with van der Waals surface area (Å²) in [4.78, 5) is 4.13. The molecule has 0 fully saturated rings. The summed E-state index contributed by atoms with van der Waals surface area (Å²) >= 11 is 13.3. The summed E-state index contributed by atoms with van der Waals surface area (Å²) in [6.45, 7) is 0. The maximum atomic E-state index is 9.07. The van der Waals surface area contributed by atoms with Crippen LogP contribution in [0.15, 0.2) is 24.4 Å². The van der Waals surface area contributed by atoms with Crippen LogP contribution in [0.1, 0.15) is 5.56 Å². The molecule has 2 aromatic heterocycles. The van der Waals surface area contributed by atoms with Crippen molar-refractivity contribution in [3.8, 4) is 6.07 Å². The summed E-state index contributed by atoms with van der Waals surface area (Å²) < 4.78 is 8.30. The zero-order valence-electron chi connectivity index (χ0n) is 9.76. The van der Waals surface area contributed by atoms with E-state index < -0.39 is 0 Å². The fraction of sp³-hybridized carbons (Fsp3) is 0. The molecule has 1 N–H and O–H groups in total. The summed E-state index contributed by atoms with van der Waals surface area (Å²) in [5.74, 6) is 0.411. The Morgan fingerprint density at radius 1 is 1.20 bits per heavy atom. The molecule has 5 nitrogen and oxygen atoms in total. The van der Waals surface area contributed by atoms with Crippen molar-refractivity contribution in [3.05, 3.63) is 40.0 Å². The minimum absolute atomic E-state index is 0.393. The van der Waals surface area contributed by atoms with Gasteiger partial charge in [-0.2, -0.15) is 14.0 Å². The third-order valence-electron chi connectivity index (χ3n) is 2.62. The van der Waals surface area contributed by atoms with E-state index in [0.717, 1.165) is 11.7 Å². The Labute approximate surface area is 128 Å². The van der Waals surface area contributed by atoms with E-state index in [9.17, 15) is 0 Å². The summed E-state index contributed by atoms with van der Waals surface area (Å²) in [5, 5.41) is 12.9. The molecule has 0 aliphatic heterocycles. The molecule has 0 aliphatic rings. The second kappa shape index (κ2) is 5.21. The third kappa shape index (κ3) is 2.16. The molecular formula is C12H5Cl2N5S. The lowest BCUT2D eigenvalue weighted by Crippen LogP contribution is -1.98. The molecule has 0 spiro atoms. The molecule has 0 atom stereocenters. The molecule has 1 aromatic carbocycles. The van der Waals surface area contributed by atoms with Gasteiger partial charge in [0.15, 0.2) is 0 Å². The van der Waals surface area contributed by atoms with Gasteiger partial charge in [0, 0.05) is 6.20 Å². The molecule has 8 heteroatoms. The summed E-state index contributed by atoms with van der Waals surface area (Å²) in [6.07, 6.45) is 1.59. The number of hydrogen-bond donors (Lipinski definition) is 1. The quantitative estimate of drug-likeness (QED) is 0.771. The van der Waals surface area contributed by atoms with Crippen molar-refractivity contribution >= 4 is 57.5 Å². The van der Waals surface area contributed by atoms with E-state index in [-0.39, 0.29) is 0 Å². The van der Waals surface area contributed by atoms with Crippen LogP contribution in [0.25, 0.3) is 11.0 Å². The Morgan fingerprint density at radius 3 is 2.80 bits per heavy atom. The van der Waals surface area contributed by atoms with Crippen molar-refractivity contribution < 1.29 is 0 Å². The average Bonchev–Trinajstić information content (AvgIpc) is 2.93. The van der Waals surface area contributed by atoms with Gasteiger partial charge in [0.05, 0.1) is 33.0 Å². The first kappa shape index (κ1) is 13.1. The summed E-state index contributed by atoms with van der Waals surface area (Å²) in [6, 6.07) is 7.00.